The summed E-state index contributed by atoms with van der Waals surface area (Å²) in [5.74, 6) is -0.222. The fourth-order valence-corrected chi connectivity index (χ4v) is 5.71. The number of hydrogen-bond acceptors (Lipinski definition) is 8. The van der Waals surface area contributed by atoms with Gasteiger partial charge in [-0.15, -0.1) is 11.3 Å². The molecule has 0 aliphatic heterocycles. The largest absolute Gasteiger partial charge is 0.302 e. The third-order valence-corrected chi connectivity index (χ3v) is 7.73. The summed E-state index contributed by atoms with van der Waals surface area (Å²) in [7, 11) is -3.31. The molecule has 2 N–H and O–H groups in total. The van der Waals surface area contributed by atoms with E-state index in [2.05, 4.69) is 20.6 Å². The first-order valence-electron chi connectivity index (χ1n) is 9.44. The number of thiazole rings is 2. The second-order valence-electron chi connectivity index (χ2n) is 7.26. The van der Waals surface area contributed by atoms with Crippen LogP contribution in [0.5, 0.6) is 0 Å². The summed E-state index contributed by atoms with van der Waals surface area (Å²) >= 11 is 2.51. The van der Waals surface area contributed by atoms with Crippen LogP contribution >= 0.6 is 22.7 Å². The molecular formula is C19H20N4O4S3. The summed E-state index contributed by atoms with van der Waals surface area (Å²) in [5, 5.41) is 8.22. The molecule has 0 unspecified atom stereocenters. The minimum Gasteiger partial charge on any atom is -0.302 e. The molecule has 0 spiro atoms. The molecular weight excluding hydrogens is 444 g/mol. The Kier molecular flexibility index (Phi) is 5.85. The van der Waals surface area contributed by atoms with Crippen LogP contribution in [-0.2, 0) is 25.8 Å². The lowest BCUT2D eigenvalue weighted by Crippen LogP contribution is -2.20. The van der Waals surface area contributed by atoms with Crippen LogP contribution in [0.15, 0.2) is 28.5 Å². The molecule has 11 heteroatoms. The first-order chi connectivity index (χ1) is 14.3. The van der Waals surface area contributed by atoms with Crippen LogP contribution in [0, 0.1) is 5.92 Å². The van der Waals surface area contributed by atoms with Gasteiger partial charge in [0.25, 0.3) is 0 Å². The van der Waals surface area contributed by atoms with Gasteiger partial charge < -0.3 is 10.6 Å². The van der Waals surface area contributed by atoms with Crippen LogP contribution in [0.25, 0.3) is 10.2 Å². The van der Waals surface area contributed by atoms with Crippen molar-refractivity contribution in [2.45, 2.75) is 37.0 Å². The van der Waals surface area contributed by atoms with Crippen molar-refractivity contribution in [3.05, 3.63) is 29.3 Å². The summed E-state index contributed by atoms with van der Waals surface area (Å²) in [5.41, 5.74) is 1.19. The smallest absolute Gasteiger partial charge is 0.232 e. The number of carbonyl (C=O) groups is 2. The van der Waals surface area contributed by atoms with E-state index in [1.165, 1.54) is 28.7 Å². The Bertz CT molecular complexity index is 1210. The van der Waals surface area contributed by atoms with Gasteiger partial charge in [-0.25, -0.2) is 18.4 Å². The molecule has 1 aliphatic rings. The summed E-state index contributed by atoms with van der Waals surface area (Å²) in [6.07, 6.45) is 5.21. The summed E-state index contributed by atoms with van der Waals surface area (Å²) in [6, 6.07) is 4.68. The fourth-order valence-electron chi connectivity index (χ4n) is 3.36. The average molecular weight is 465 g/mol. The molecule has 2 amide bonds. The van der Waals surface area contributed by atoms with E-state index in [0.717, 1.165) is 31.9 Å². The number of aromatic nitrogens is 2. The van der Waals surface area contributed by atoms with Crippen molar-refractivity contribution in [1.29, 1.82) is 0 Å². The molecule has 2 heterocycles. The Morgan fingerprint density at radius 3 is 2.63 bits per heavy atom. The molecule has 4 rings (SSSR count). The minimum atomic E-state index is -3.31. The number of carbonyl (C=O) groups excluding carboxylic acids is 2. The minimum absolute atomic E-state index is 0.000731. The van der Waals surface area contributed by atoms with Crippen LogP contribution in [0.2, 0.25) is 0 Å². The normalized spacial score (nSPS) is 14.8. The molecule has 8 nitrogen and oxygen atoms in total. The Hall–Kier alpha value is -2.37. The third-order valence-electron chi connectivity index (χ3n) is 4.88. The molecule has 0 atom stereocenters. The maximum Gasteiger partial charge on any atom is 0.232 e. The predicted octanol–water partition coefficient (Wildman–Crippen LogP) is 3.47. The highest BCUT2D eigenvalue weighted by Crippen LogP contribution is 2.29. The van der Waals surface area contributed by atoms with Crippen molar-refractivity contribution in [2.75, 3.05) is 16.9 Å². The summed E-state index contributed by atoms with van der Waals surface area (Å²) in [6.45, 7) is 0. The van der Waals surface area contributed by atoms with Crippen LogP contribution in [0.3, 0.4) is 0 Å². The van der Waals surface area contributed by atoms with Gasteiger partial charge in [0.2, 0.25) is 11.8 Å². The van der Waals surface area contributed by atoms with Gasteiger partial charge in [0, 0.05) is 17.6 Å². The van der Waals surface area contributed by atoms with Crippen molar-refractivity contribution in [1.82, 2.24) is 9.97 Å². The van der Waals surface area contributed by atoms with E-state index in [-0.39, 0.29) is 29.0 Å². The Morgan fingerprint density at radius 2 is 1.90 bits per heavy atom. The van der Waals surface area contributed by atoms with Crippen molar-refractivity contribution >= 4 is 64.8 Å². The number of rotatable bonds is 6. The highest BCUT2D eigenvalue weighted by Gasteiger charge is 2.23. The van der Waals surface area contributed by atoms with Gasteiger partial charge in [0.05, 0.1) is 27.2 Å². The Labute approximate surface area is 181 Å². The number of sulfone groups is 1. The lowest BCUT2D eigenvalue weighted by Gasteiger charge is -2.07. The van der Waals surface area contributed by atoms with E-state index in [1.807, 2.05) is 0 Å². The SMILES string of the molecule is CS(=O)(=O)c1ccc2nc(NC(=O)Cc3csc(NC(=O)C4CCCC4)n3)sc2c1. The van der Waals surface area contributed by atoms with E-state index in [4.69, 9.17) is 0 Å². The fraction of sp³-hybridized carbons (Fsp3) is 0.368. The molecule has 1 fully saturated rings. The molecule has 0 saturated heterocycles. The lowest BCUT2D eigenvalue weighted by molar-refractivity contribution is -0.119. The third kappa shape index (κ3) is 4.85. The summed E-state index contributed by atoms with van der Waals surface area (Å²) < 4.78 is 24.1. The molecule has 30 heavy (non-hydrogen) atoms. The van der Waals surface area contributed by atoms with E-state index >= 15 is 0 Å². The van der Waals surface area contributed by atoms with Gasteiger partial charge >= 0.3 is 0 Å². The topological polar surface area (TPSA) is 118 Å². The number of nitrogens with one attached hydrogen (secondary N) is 2. The Morgan fingerprint density at radius 1 is 1.13 bits per heavy atom. The molecule has 2 aromatic heterocycles. The van der Waals surface area contributed by atoms with E-state index in [1.54, 1.807) is 17.5 Å². The number of anilines is 2. The van der Waals surface area contributed by atoms with Crippen molar-refractivity contribution in [3.63, 3.8) is 0 Å². The van der Waals surface area contributed by atoms with Gasteiger partial charge in [-0.1, -0.05) is 24.2 Å². The number of fused-ring (bicyclic) bond motifs is 1. The van der Waals surface area contributed by atoms with Crippen LogP contribution in [0.4, 0.5) is 10.3 Å². The Balaban J connectivity index is 1.37. The standard InChI is InChI=1S/C19H20N4O4S3/c1-30(26,27)13-6-7-14-15(9-13)29-19(21-14)22-16(24)8-12-10-28-18(20-12)23-17(25)11-4-2-3-5-11/h6-7,9-11H,2-5,8H2,1H3,(H,20,23,25)(H,21,22,24). The second kappa shape index (κ2) is 8.40. The van der Waals surface area contributed by atoms with Gasteiger partial charge in [-0.05, 0) is 31.0 Å². The molecule has 3 aromatic rings. The monoisotopic (exact) mass is 464 g/mol. The number of nitrogens with zero attached hydrogens (tertiary/aromatic N) is 2. The van der Waals surface area contributed by atoms with E-state index in [0.29, 0.717) is 26.2 Å². The average Bonchev–Trinajstić information content (AvgIpc) is 3.40. The van der Waals surface area contributed by atoms with Crippen LogP contribution < -0.4 is 10.6 Å². The van der Waals surface area contributed by atoms with E-state index in [9.17, 15) is 18.0 Å². The van der Waals surface area contributed by atoms with Crippen LogP contribution in [0.1, 0.15) is 31.4 Å². The highest BCUT2D eigenvalue weighted by atomic mass is 32.2. The molecule has 1 aliphatic carbocycles. The first kappa shape index (κ1) is 20.9. The maximum atomic E-state index is 12.4. The second-order valence-corrected chi connectivity index (χ2v) is 11.2. The van der Waals surface area contributed by atoms with Gasteiger partial charge in [0.15, 0.2) is 20.1 Å². The van der Waals surface area contributed by atoms with Crippen molar-refractivity contribution in [3.8, 4) is 0 Å². The maximum absolute atomic E-state index is 12.4. The molecule has 0 bridgehead atoms. The van der Waals surface area contributed by atoms with Crippen LogP contribution in [-0.4, -0.2) is 36.5 Å². The lowest BCUT2D eigenvalue weighted by atomic mass is 10.1. The predicted molar refractivity (Wildman–Crippen MR) is 118 cm³/mol. The molecule has 1 saturated carbocycles. The molecule has 158 valence electrons. The summed E-state index contributed by atoms with van der Waals surface area (Å²) in [4.78, 5) is 33.4. The molecule has 0 radical (unpaired) electrons. The van der Waals surface area contributed by atoms with Gasteiger partial charge in [0.1, 0.15) is 0 Å². The number of hydrogen-bond donors (Lipinski definition) is 2. The molecule has 1 aromatic carbocycles. The first-order valence-corrected chi connectivity index (χ1v) is 13.0. The quantitative estimate of drug-likeness (QED) is 0.577. The zero-order valence-electron chi connectivity index (χ0n) is 16.2. The highest BCUT2D eigenvalue weighted by molar-refractivity contribution is 7.90. The van der Waals surface area contributed by atoms with Gasteiger partial charge in [-0.3, -0.25) is 9.59 Å². The van der Waals surface area contributed by atoms with E-state index < -0.39 is 9.84 Å². The van der Waals surface area contributed by atoms with Gasteiger partial charge in [-0.2, -0.15) is 0 Å². The number of amides is 2. The number of benzene rings is 1. The van der Waals surface area contributed by atoms with Crippen molar-refractivity contribution < 1.29 is 18.0 Å². The van der Waals surface area contributed by atoms with Crippen molar-refractivity contribution in [2.24, 2.45) is 5.92 Å². The zero-order chi connectivity index (χ0) is 21.3. The zero-order valence-corrected chi connectivity index (χ0v) is 18.6.